The Balaban J connectivity index is 1.19. The van der Waals surface area contributed by atoms with Gasteiger partial charge in [-0.15, -0.1) is 0 Å². The van der Waals surface area contributed by atoms with Crippen LogP contribution < -0.4 is 20.9 Å². The monoisotopic (exact) mass is 543 g/mol. The molecule has 3 N–H and O–H groups in total. The molecule has 0 radical (unpaired) electrons. The van der Waals surface area contributed by atoms with Crippen molar-refractivity contribution < 1.29 is 19.1 Å². The molecule has 2 atom stereocenters. The van der Waals surface area contributed by atoms with Gasteiger partial charge in [-0.3, -0.25) is 4.79 Å². The van der Waals surface area contributed by atoms with Gasteiger partial charge >= 0.3 is 6.03 Å². The highest BCUT2D eigenvalue weighted by Crippen LogP contribution is 2.34. The molecule has 3 saturated heterocycles. The Morgan fingerprint density at radius 2 is 1.43 bits per heavy atom. The number of hydrogen-bond acceptors (Lipinski definition) is 8. The molecule has 0 saturated carbocycles. The van der Waals surface area contributed by atoms with E-state index in [1.807, 2.05) is 24.3 Å². The van der Waals surface area contributed by atoms with Crippen LogP contribution in [0, 0.1) is 0 Å². The van der Waals surface area contributed by atoms with Gasteiger partial charge in [0.15, 0.2) is 5.82 Å². The lowest BCUT2D eigenvalue weighted by Crippen LogP contribution is -2.47. The molecule has 3 aliphatic heterocycles. The molecule has 11 nitrogen and oxygen atoms in total. The van der Waals surface area contributed by atoms with Crippen LogP contribution in [0.15, 0.2) is 48.5 Å². The average molecular weight is 544 g/mol. The fourth-order valence-corrected chi connectivity index (χ4v) is 5.56. The van der Waals surface area contributed by atoms with E-state index < -0.39 is 0 Å². The Morgan fingerprint density at radius 1 is 0.800 bits per heavy atom. The predicted molar refractivity (Wildman–Crippen MR) is 151 cm³/mol. The molecule has 3 aromatic rings. The van der Waals surface area contributed by atoms with Crippen LogP contribution in [-0.4, -0.2) is 72.4 Å². The smallest absolute Gasteiger partial charge is 0.323 e. The van der Waals surface area contributed by atoms with E-state index in [9.17, 15) is 9.59 Å². The Kier molecular flexibility index (Phi) is 7.56. The summed E-state index contributed by atoms with van der Waals surface area (Å²) >= 11 is 0. The number of aromatic nitrogens is 3. The molecule has 3 fully saturated rings. The Hall–Kier alpha value is -4.09. The van der Waals surface area contributed by atoms with E-state index in [2.05, 4.69) is 20.9 Å². The highest BCUT2D eigenvalue weighted by atomic mass is 16.5. The number of anilines is 3. The van der Waals surface area contributed by atoms with E-state index in [0.717, 1.165) is 43.0 Å². The normalized spacial score (nSPS) is 20.7. The van der Waals surface area contributed by atoms with E-state index in [1.165, 1.54) is 0 Å². The molecule has 3 amide bonds. The SMILES string of the molecule is CNC(=O)c1ccc(NC(=O)Nc2ccc(-c3nc(C4CCOCC4)nc(N4C5CCC4COC5)n3)cc2)cc1. The molecule has 2 aromatic carbocycles. The van der Waals surface area contributed by atoms with Crippen LogP contribution in [0.2, 0.25) is 0 Å². The summed E-state index contributed by atoms with van der Waals surface area (Å²) in [7, 11) is 1.58. The molecule has 11 heteroatoms. The summed E-state index contributed by atoms with van der Waals surface area (Å²) in [5.74, 6) is 2.23. The van der Waals surface area contributed by atoms with Crippen molar-refractivity contribution in [3.63, 3.8) is 0 Å². The Morgan fingerprint density at radius 3 is 2.05 bits per heavy atom. The number of hydrogen-bond donors (Lipinski definition) is 3. The lowest BCUT2D eigenvalue weighted by atomic mass is 9.99. The van der Waals surface area contributed by atoms with Crippen molar-refractivity contribution >= 4 is 29.3 Å². The third kappa shape index (κ3) is 5.61. The number of carbonyl (C=O) groups is 2. The van der Waals surface area contributed by atoms with Gasteiger partial charge in [-0.2, -0.15) is 9.97 Å². The minimum atomic E-state index is -0.382. The van der Waals surface area contributed by atoms with Gasteiger partial charge in [-0.25, -0.2) is 9.78 Å². The fraction of sp³-hybridized carbons (Fsp3) is 0.414. The quantitative estimate of drug-likeness (QED) is 0.428. The molecule has 1 aromatic heterocycles. The van der Waals surface area contributed by atoms with Gasteiger partial charge in [0.2, 0.25) is 5.95 Å². The summed E-state index contributed by atoms with van der Waals surface area (Å²) in [6.45, 7) is 2.82. The van der Waals surface area contributed by atoms with Gasteiger partial charge in [-0.05, 0) is 74.2 Å². The second-order valence-corrected chi connectivity index (χ2v) is 10.3. The van der Waals surface area contributed by atoms with Crippen LogP contribution in [0.25, 0.3) is 11.4 Å². The van der Waals surface area contributed by atoms with Crippen molar-refractivity contribution in [2.45, 2.75) is 43.7 Å². The van der Waals surface area contributed by atoms with Crippen LogP contribution in [0.5, 0.6) is 0 Å². The van der Waals surface area contributed by atoms with Gasteiger partial charge in [0, 0.05) is 48.7 Å². The summed E-state index contributed by atoms with van der Waals surface area (Å²) in [6, 6.07) is 14.4. The maximum Gasteiger partial charge on any atom is 0.323 e. The zero-order chi connectivity index (χ0) is 27.5. The Bertz CT molecular complexity index is 1340. The summed E-state index contributed by atoms with van der Waals surface area (Å²) in [5.41, 5.74) is 2.59. The molecule has 208 valence electrons. The second kappa shape index (κ2) is 11.6. The van der Waals surface area contributed by atoms with E-state index >= 15 is 0 Å². The maximum absolute atomic E-state index is 12.6. The van der Waals surface area contributed by atoms with E-state index in [-0.39, 0.29) is 17.9 Å². The number of morpholine rings is 1. The molecular weight excluding hydrogens is 510 g/mol. The van der Waals surface area contributed by atoms with Crippen LogP contribution in [0.3, 0.4) is 0 Å². The predicted octanol–water partition coefficient (Wildman–Crippen LogP) is 3.80. The van der Waals surface area contributed by atoms with Crippen LogP contribution in [-0.2, 0) is 9.47 Å². The lowest BCUT2D eigenvalue weighted by Gasteiger charge is -2.35. The largest absolute Gasteiger partial charge is 0.381 e. The highest BCUT2D eigenvalue weighted by Gasteiger charge is 2.39. The number of amides is 3. The molecule has 40 heavy (non-hydrogen) atoms. The second-order valence-electron chi connectivity index (χ2n) is 10.3. The number of fused-ring (bicyclic) bond motifs is 2. The first-order chi connectivity index (χ1) is 19.6. The van der Waals surface area contributed by atoms with Gasteiger partial charge < -0.3 is 30.3 Å². The number of nitrogens with one attached hydrogen (secondary N) is 3. The van der Waals surface area contributed by atoms with E-state index in [0.29, 0.717) is 61.3 Å². The van der Waals surface area contributed by atoms with Crippen molar-refractivity contribution in [1.82, 2.24) is 20.3 Å². The zero-order valence-electron chi connectivity index (χ0n) is 22.4. The summed E-state index contributed by atoms with van der Waals surface area (Å²) < 4.78 is 11.4. The number of benzene rings is 2. The van der Waals surface area contributed by atoms with Crippen LogP contribution in [0.4, 0.5) is 22.1 Å². The van der Waals surface area contributed by atoms with Gasteiger partial charge in [0.05, 0.1) is 25.3 Å². The molecule has 0 spiro atoms. The molecule has 2 bridgehead atoms. The summed E-state index contributed by atoms with van der Waals surface area (Å²) in [6.07, 6.45) is 3.95. The van der Waals surface area contributed by atoms with Crippen molar-refractivity contribution in [3.8, 4) is 11.4 Å². The first-order valence-electron chi connectivity index (χ1n) is 13.8. The first kappa shape index (κ1) is 26.1. The lowest BCUT2D eigenvalue weighted by molar-refractivity contribution is 0.0831. The van der Waals surface area contributed by atoms with Crippen LogP contribution >= 0.6 is 0 Å². The van der Waals surface area contributed by atoms with Crippen molar-refractivity contribution in [2.24, 2.45) is 0 Å². The standard InChI is InChI=1S/C29H33N7O4/c1-30-27(37)20-4-8-22(9-5-20)32-29(38)31-21-6-2-18(3-7-21)25-33-26(19-12-14-39-15-13-19)35-28(34-25)36-23-10-11-24(36)17-40-16-23/h2-9,19,23-24H,10-17H2,1H3,(H,30,37)(H2,31,32,38). The fourth-order valence-electron chi connectivity index (χ4n) is 5.56. The molecule has 4 heterocycles. The van der Waals surface area contributed by atoms with Crippen LogP contribution in [0.1, 0.15) is 47.8 Å². The average Bonchev–Trinajstić information content (AvgIpc) is 3.25. The maximum atomic E-state index is 12.6. The van der Waals surface area contributed by atoms with Gasteiger partial charge in [0.25, 0.3) is 5.91 Å². The number of ether oxygens (including phenoxy) is 2. The topological polar surface area (TPSA) is 131 Å². The highest BCUT2D eigenvalue weighted by molar-refractivity contribution is 6.00. The van der Waals surface area contributed by atoms with Crippen molar-refractivity contribution in [3.05, 3.63) is 59.9 Å². The molecule has 6 rings (SSSR count). The number of nitrogens with zero attached hydrogens (tertiary/aromatic N) is 4. The number of urea groups is 1. The first-order valence-corrected chi connectivity index (χ1v) is 13.8. The minimum Gasteiger partial charge on any atom is -0.381 e. The minimum absolute atomic E-state index is 0.182. The molecule has 0 aliphatic carbocycles. The van der Waals surface area contributed by atoms with Crippen molar-refractivity contribution in [2.75, 3.05) is 49.0 Å². The van der Waals surface area contributed by atoms with Gasteiger partial charge in [0.1, 0.15) is 5.82 Å². The van der Waals surface area contributed by atoms with E-state index in [1.54, 1.807) is 31.3 Å². The Labute approximate surface area is 232 Å². The molecular formula is C29H33N7O4. The summed E-state index contributed by atoms with van der Waals surface area (Å²) in [4.78, 5) is 41.4. The zero-order valence-corrected chi connectivity index (χ0v) is 22.4. The number of rotatable bonds is 6. The number of carbonyl (C=O) groups excluding carboxylic acids is 2. The van der Waals surface area contributed by atoms with E-state index in [4.69, 9.17) is 24.4 Å². The van der Waals surface area contributed by atoms with Gasteiger partial charge in [-0.1, -0.05) is 0 Å². The molecule has 3 aliphatic rings. The third-order valence-electron chi connectivity index (χ3n) is 7.73. The third-order valence-corrected chi connectivity index (χ3v) is 7.73. The van der Waals surface area contributed by atoms with Crippen molar-refractivity contribution in [1.29, 1.82) is 0 Å². The summed E-state index contributed by atoms with van der Waals surface area (Å²) in [5, 5.41) is 8.20. The molecule has 2 unspecified atom stereocenters.